The molecule has 1 aliphatic heterocycles. The first-order valence-electron chi connectivity index (χ1n) is 11.3. The van der Waals surface area contributed by atoms with Gasteiger partial charge in [0, 0.05) is 47.5 Å². The lowest BCUT2D eigenvalue weighted by molar-refractivity contribution is -0.149. The maximum absolute atomic E-state index is 13.5. The van der Waals surface area contributed by atoms with Gasteiger partial charge < -0.3 is 26.0 Å². The van der Waals surface area contributed by atoms with Crippen LogP contribution in [-0.2, 0) is 16.1 Å². The smallest absolute Gasteiger partial charge is 0.268 e. The van der Waals surface area contributed by atoms with Crippen molar-refractivity contribution in [2.24, 2.45) is 5.73 Å². The van der Waals surface area contributed by atoms with E-state index in [0.717, 1.165) is 23.4 Å². The first kappa shape index (κ1) is 24.8. The van der Waals surface area contributed by atoms with Crippen LogP contribution in [0.2, 0.25) is 5.02 Å². The van der Waals surface area contributed by atoms with Crippen molar-refractivity contribution in [3.05, 3.63) is 64.6 Å². The van der Waals surface area contributed by atoms with Gasteiger partial charge in [0.15, 0.2) is 5.78 Å². The molecule has 1 fully saturated rings. The number of hydrogen-bond acceptors (Lipinski definition) is 5. The number of ketones is 1. The summed E-state index contributed by atoms with van der Waals surface area (Å²) in [6.07, 6.45) is 1.79. The zero-order chi connectivity index (χ0) is 25.2. The lowest BCUT2D eigenvalue weighted by Gasteiger charge is -2.22. The minimum Gasteiger partial charge on any atom is -0.372 e. The van der Waals surface area contributed by atoms with E-state index in [1.165, 1.54) is 17.0 Å². The van der Waals surface area contributed by atoms with Crippen LogP contribution in [0.25, 0.3) is 10.9 Å². The van der Waals surface area contributed by atoms with Crippen molar-refractivity contribution in [2.75, 3.05) is 18.0 Å². The first-order valence-corrected chi connectivity index (χ1v) is 11.7. The van der Waals surface area contributed by atoms with E-state index in [2.05, 4.69) is 10.3 Å². The Balaban J connectivity index is 1.46. The van der Waals surface area contributed by atoms with E-state index in [4.69, 9.17) is 17.3 Å². The highest BCUT2D eigenvalue weighted by Gasteiger charge is 2.51. The molecule has 2 aromatic carbocycles. The summed E-state index contributed by atoms with van der Waals surface area (Å²) >= 11 is 5.83. The number of aliphatic hydroxyl groups is 1. The van der Waals surface area contributed by atoms with E-state index in [0.29, 0.717) is 36.3 Å². The molecule has 1 aromatic heterocycles. The molecule has 2 heterocycles. The maximum Gasteiger partial charge on any atom is 0.268 e. The van der Waals surface area contributed by atoms with Gasteiger partial charge in [0.25, 0.3) is 11.8 Å². The molecule has 0 saturated carbocycles. The van der Waals surface area contributed by atoms with Crippen LogP contribution in [0.15, 0.2) is 42.5 Å². The summed E-state index contributed by atoms with van der Waals surface area (Å²) in [5, 5.41) is 14.3. The Morgan fingerprint density at radius 1 is 1.20 bits per heavy atom. The third-order valence-electron chi connectivity index (χ3n) is 6.12. The van der Waals surface area contributed by atoms with E-state index >= 15 is 0 Å². The van der Waals surface area contributed by atoms with Crippen LogP contribution < -0.4 is 16.0 Å². The van der Waals surface area contributed by atoms with Gasteiger partial charge >= 0.3 is 0 Å². The molecule has 2 amide bonds. The fourth-order valence-electron chi connectivity index (χ4n) is 4.21. The monoisotopic (exact) mass is 500 g/mol. The van der Waals surface area contributed by atoms with Crippen LogP contribution in [0, 0.1) is 5.82 Å². The molecule has 8 nitrogen and oxygen atoms in total. The molecule has 1 saturated heterocycles. The lowest BCUT2D eigenvalue weighted by atomic mass is 10.0. The molecule has 35 heavy (non-hydrogen) atoms. The molecule has 4 rings (SSSR count). The largest absolute Gasteiger partial charge is 0.372 e. The van der Waals surface area contributed by atoms with Gasteiger partial charge in [-0.3, -0.25) is 14.4 Å². The molecule has 0 spiro atoms. The number of aromatic amines is 1. The van der Waals surface area contributed by atoms with E-state index in [1.54, 1.807) is 24.3 Å². The molecule has 0 bridgehead atoms. The first-order chi connectivity index (χ1) is 16.7. The number of benzene rings is 2. The van der Waals surface area contributed by atoms with E-state index in [1.807, 2.05) is 0 Å². The van der Waals surface area contributed by atoms with Gasteiger partial charge in [0.2, 0.25) is 5.60 Å². The number of carbonyl (C=O) groups excluding carboxylic acids is 3. The van der Waals surface area contributed by atoms with Gasteiger partial charge in [-0.1, -0.05) is 11.6 Å². The van der Waals surface area contributed by atoms with Crippen LogP contribution in [-0.4, -0.2) is 46.4 Å². The predicted molar refractivity (Wildman–Crippen MR) is 131 cm³/mol. The second-order valence-corrected chi connectivity index (χ2v) is 9.09. The second kappa shape index (κ2) is 10.2. The SMILES string of the molecule is NCCCCC(=O)c1cc2cc(N3CC[C@](O)(C(=O)NCc4cc(F)cc(Cl)c4)C3=O)ccc2[nH]1. The van der Waals surface area contributed by atoms with Crippen molar-refractivity contribution in [1.29, 1.82) is 0 Å². The molecule has 1 atom stereocenters. The van der Waals surface area contributed by atoms with Gasteiger partial charge in [-0.15, -0.1) is 0 Å². The van der Waals surface area contributed by atoms with Crippen molar-refractivity contribution in [3.8, 4) is 0 Å². The second-order valence-electron chi connectivity index (χ2n) is 8.65. The topological polar surface area (TPSA) is 129 Å². The van der Waals surface area contributed by atoms with Crippen LogP contribution in [0.5, 0.6) is 0 Å². The Morgan fingerprint density at radius 2 is 2.00 bits per heavy atom. The number of nitrogens with zero attached hydrogens (tertiary/aromatic N) is 1. The van der Waals surface area contributed by atoms with Crippen molar-refractivity contribution in [3.63, 3.8) is 0 Å². The molecule has 0 unspecified atom stereocenters. The summed E-state index contributed by atoms with van der Waals surface area (Å²) in [7, 11) is 0. The molecule has 10 heteroatoms. The fourth-order valence-corrected chi connectivity index (χ4v) is 4.45. The van der Waals surface area contributed by atoms with Gasteiger partial charge in [-0.25, -0.2) is 4.39 Å². The summed E-state index contributed by atoms with van der Waals surface area (Å²) < 4.78 is 13.5. The molecule has 0 aliphatic carbocycles. The minimum absolute atomic E-state index is 0.0147. The molecule has 184 valence electrons. The molecular weight excluding hydrogens is 475 g/mol. The van der Waals surface area contributed by atoms with Gasteiger partial charge in [-0.2, -0.15) is 0 Å². The third-order valence-corrected chi connectivity index (χ3v) is 6.34. The van der Waals surface area contributed by atoms with Crippen LogP contribution in [0.3, 0.4) is 0 Å². The van der Waals surface area contributed by atoms with Gasteiger partial charge in [0.1, 0.15) is 5.82 Å². The normalized spacial score (nSPS) is 17.8. The Bertz CT molecular complexity index is 1270. The van der Waals surface area contributed by atoms with E-state index in [9.17, 15) is 23.9 Å². The van der Waals surface area contributed by atoms with Crippen molar-refractivity contribution < 1.29 is 23.9 Å². The Kier molecular flexibility index (Phi) is 7.20. The molecule has 0 radical (unpaired) electrons. The van der Waals surface area contributed by atoms with Crippen LogP contribution >= 0.6 is 11.6 Å². The maximum atomic E-state index is 13.5. The molecular formula is C25H26ClFN4O4. The average molecular weight is 501 g/mol. The number of Topliss-reactive ketones (excluding diaryl/α,β-unsaturated/α-hetero) is 1. The number of fused-ring (bicyclic) bond motifs is 1. The highest BCUT2D eigenvalue weighted by molar-refractivity contribution is 6.30. The number of carbonyl (C=O) groups is 3. The zero-order valence-corrected chi connectivity index (χ0v) is 19.7. The predicted octanol–water partition coefficient (Wildman–Crippen LogP) is 3.06. The van der Waals surface area contributed by atoms with Gasteiger partial charge in [0.05, 0.1) is 5.69 Å². The number of halogens is 2. The Labute approximate surface area is 206 Å². The summed E-state index contributed by atoms with van der Waals surface area (Å²) in [5.41, 5.74) is 5.37. The van der Waals surface area contributed by atoms with Crippen LogP contribution in [0.4, 0.5) is 10.1 Å². The lowest BCUT2D eigenvalue weighted by Crippen LogP contribution is -2.52. The third kappa shape index (κ3) is 5.22. The Morgan fingerprint density at radius 3 is 2.74 bits per heavy atom. The summed E-state index contributed by atoms with van der Waals surface area (Å²) in [6.45, 7) is 0.579. The quantitative estimate of drug-likeness (QED) is 0.204. The molecule has 1 aliphatic rings. The number of nitrogens with one attached hydrogen (secondary N) is 2. The number of unbranched alkanes of at least 4 members (excludes halogenated alkanes) is 1. The van der Waals surface area contributed by atoms with E-state index < -0.39 is 23.2 Å². The number of aromatic nitrogens is 1. The number of hydrogen-bond donors (Lipinski definition) is 4. The number of amides is 2. The molecule has 5 N–H and O–H groups in total. The zero-order valence-electron chi connectivity index (χ0n) is 18.9. The highest BCUT2D eigenvalue weighted by Crippen LogP contribution is 2.31. The summed E-state index contributed by atoms with van der Waals surface area (Å²) in [6, 6.07) is 10.7. The van der Waals surface area contributed by atoms with Crippen molar-refractivity contribution >= 4 is 45.8 Å². The average Bonchev–Trinajstić information content (AvgIpc) is 3.38. The Hall–Kier alpha value is -3.27. The fraction of sp³-hybridized carbons (Fsp3) is 0.320. The standard InChI is InChI=1S/C25H26ClFN4O4/c26-17-9-15(10-18(27)13-17)14-29-23(33)25(35)6-8-31(24(25)34)19-4-5-20-16(11-19)12-21(30-20)22(32)3-1-2-7-28/h4-5,9-13,30,35H,1-3,6-8,14,28H2,(H,29,33)/t25-/m0/s1. The summed E-state index contributed by atoms with van der Waals surface area (Å²) in [4.78, 5) is 42.6. The van der Waals surface area contributed by atoms with Crippen LogP contribution in [0.1, 0.15) is 41.7 Å². The molecule has 3 aromatic rings. The van der Waals surface area contributed by atoms with Crippen molar-refractivity contribution in [1.82, 2.24) is 10.3 Å². The highest BCUT2D eigenvalue weighted by atomic mass is 35.5. The summed E-state index contributed by atoms with van der Waals surface area (Å²) in [5.74, 6) is -2.18. The van der Waals surface area contributed by atoms with E-state index in [-0.39, 0.29) is 30.3 Å². The number of anilines is 1. The number of H-pyrrole nitrogens is 1. The van der Waals surface area contributed by atoms with Crippen molar-refractivity contribution in [2.45, 2.75) is 37.8 Å². The number of rotatable bonds is 9. The number of nitrogens with two attached hydrogens (primary N) is 1. The van der Waals surface area contributed by atoms with Gasteiger partial charge in [-0.05, 0) is 67.4 Å². The minimum atomic E-state index is -2.24.